The molecule has 8 heteroatoms. The van der Waals surface area contributed by atoms with Crippen molar-refractivity contribution in [2.75, 3.05) is 20.0 Å². The van der Waals surface area contributed by atoms with E-state index in [4.69, 9.17) is 9.47 Å². The molecule has 154 valence electrons. The van der Waals surface area contributed by atoms with Gasteiger partial charge in [-0.3, -0.25) is 9.69 Å². The smallest absolute Gasteiger partial charge is 0.231 e. The van der Waals surface area contributed by atoms with Gasteiger partial charge >= 0.3 is 0 Å². The minimum Gasteiger partial charge on any atom is -0.497 e. The minimum atomic E-state index is -1.64. The molecule has 0 aliphatic carbocycles. The highest BCUT2D eigenvalue weighted by molar-refractivity contribution is 8.03. The molecule has 6 nitrogen and oxygen atoms in total. The third-order valence-electron chi connectivity index (χ3n) is 5.43. The topological polar surface area (TPSA) is 82.8 Å². The van der Waals surface area contributed by atoms with Crippen molar-refractivity contribution in [3.8, 4) is 17.6 Å². The summed E-state index contributed by atoms with van der Waals surface area (Å²) in [6, 6.07) is 12.9. The number of hydrogen-bond donors (Lipinski definition) is 1. The molecule has 0 aromatic heterocycles. The lowest BCUT2D eigenvalue weighted by atomic mass is 9.84. The van der Waals surface area contributed by atoms with E-state index in [9.17, 15) is 19.6 Å². The summed E-state index contributed by atoms with van der Waals surface area (Å²) < 4.78 is 24.1. The molecule has 2 heterocycles. The van der Waals surface area contributed by atoms with Crippen molar-refractivity contribution in [1.82, 2.24) is 4.90 Å². The van der Waals surface area contributed by atoms with Gasteiger partial charge in [-0.1, -0.05) is 12.1 Å². The Labute approximate surface area is 177 Å². The lowest BCUT2D eigenvalue weighted by Gasteiger charge is -2.38. The first-order valence-electron chi connectivity index (χ1n) is 9.23. The largest absolute Gasteiger partial charge is 0.497 e. The number of amides is 1. The van der Waals surface area contributed by atoms with Crippen molar-refractivity contribution < 1.29 is 23.8 Å². The molecule has 30 heavy (non-hydrogen) atoms. The maximum absolute atomic E-state index is 13.4. The third-order valence-corrected chi connectivity index (χ3v) is 6.65. The monoisotopic (exact) mass is 426 g/mol. The Kier molecular flexibility index (Phi) is 5.18. The van der Waals surface area contributed by atoms with E-state index in [-0.39, 0.29) is 18.1 Å². The summed E-state index contributed by atoms with van der Waals surface area (Å²) in [6.45, 7) is 0. The molecule has 2 aliphatic heterocycles. The number of rotatable bonds is 4. The molecule has 2 atom stereocenters. The summed E-state index contributed by atoms with van der Waals surface area (Å²) in [5.74, 6) is -0.00130. The molecular weight excluding hydrogens is 407 g/mol. The first-order valence-corrected chi connectivity index (χ1v) is 10.2. The van der Waals surface area contributed by atoms with Crippen LogP contribution >= 0.6 is 11.8 Å². The number of aliphatic hydroxyl groups is 1. The third kappa shape index (κ3) is 3.11. The molecular formula is C22H19FN2O4S. The summed E-state index contributed by atoms with van der Waals surface area (Å²) in [5, 5.41) is 21.7. The Balaban J connectivity index is 1.83. The van der Waals surface area contributed by atoms with Crippen LogP contribution in [0.15, 0.2) is 53.1 Å². The zero-order chi connectivity index (χ0) is 21.5. The first-order chi connectivity index (χ1) is 14.4. The van der Waals surface area contributed by atoms with E-state index >= 15 is 0 Å². The summed E-state index contributed by atoms with van der Waals surface area (Å²) in [4.78, 5) is 14.5. The highest BCUT2D eigenvalue weighted by Gasteiger charge is 2.52. The van der Waals surface area contributed by atoms with E-state index in [2.05, 4.69) is 6.07 Å². The molecule has 2 aliphatic rings. The lowest BCUT2D eigenvalue weighted by molar-refractivity contribution is -0.149. The van der Waals surface area contributed by atoms with Gasteiger partial charge in [0.05, 0.1) is 36.6 Å². The van der Waals surface area contributed by atoms with Crippen LogP contribution in [-0.2, 0) is 10.5 Å². The number of methoxy groups -OCH3 is 2. The van der Waals surface area contributed by atoms with E-state index in [1.54, 1.807) is 25.3 Å². The van der Waals surface area contributed by atoms with Crippen LogP contribution in [0.25, 0.3) is 0 Å². The Morgan fingerprint density at radius 3 is 2.60 bits per heavy atom. The highest BCUT2D eigenvalue weighted by atomic mass is 32.2. The molecule has 2 aromatic carbocycles. The van der Waals surface area contributed by atoms with Crippen LogP contribution < -0.4 is 9.47 Å². The molecule has 1 amide bonds. The van der Waals surface area contributed by atoms with E-state index in [1.807, 2.05) is 0 Å². The van der Waals surface area contributed by atoms with Gasteiger partial charge in [0.25, 0.3) is 0 Å². The van der Waals surface area contributed by atoms with E-state index < -0.39 is 17.5 Å². The standard InChI is InChI=1S/C22H19FN2O4S/c1-28-15-7-8-19(29-2)17(9-15)16-10-20(26)25-21(18(16)11-24)30-12-22(25,27)13-3-5-14(23)6-4-13/h3-9,16,27H,10,12H2,1-2H3/t16-,22-/m0/s1. The number of carbonyl (C=O) groups excluding carboxylic acids is 1. The Morgan fingerprint density at radius 2 is 1.97 bits per heavy atom. The van der Waals surface area contributed by atoms with Gasteiger partial charge in [-0.05, 0) is 30.3 Å². The molecule has 1 fully saturated rings. The SMILES string of the molecule is COc1ccc(OC)c([C@@H]2CC(=O)N3C(=C2C#N)SC[C@]3(O)c2ccc(F)cc2)c1. The van der Waals surface area contributed by atoms with Gasteiger partial charge in [-0.25, -0.2) is 4.39 Å². The van der Waals surface area contributed by atoms with Crippen LogP contribution in [0, 0.1) is 17.1 Å². The van der Waals surface area contributed by atoms with Crippen LogP contribution in [-0.4, -0.2) is 35.9 Å². The Bertz CT molecular complexity index is 1080. The van der Waals surface area contributed by atoms with Crippen LogP contribution in [0.2, 0.25) is 0 Å². The second kappa shape index (κ2) is 7.67. The fraction of sp³-hybridized carbons (Fsp3) is 0.273. The van der Waals surface area contributed by atoms with Crippen LogP contribution in [0.5, 0.6) is 11.5 Å². The predicted octanol–water partition coefficient (Wildman–Crippen LogP) is 3.49. The van der Waals surface area contributed by atoms with Gasteiger partial charge in [0, 0.05) is 23.5 Å². The maximum Gasteiger partial charge on any atom is 0.231 e. The summed E-state index contributed by atoms with van der Waals surface area (Å²) in [5.41, 5.74) is -0.193. The summed E-state index contributed by atoms with van der Waals surface area (Å²) in [7, 11) is 3.07. The van der Waals surface area contributed by atoms with E-state index in [0.717, 1.165) is 0 Å². The van der Waals surface area contributed by atoms with Crippen molar-refractivity contribution in [3.63, 3.8) is 0 Å². The molecule has 2 aromatic rings. The quantitative estimate of drug-likeness (QED) is 0.806. The maximum atomic E-state index is 13.4. The number of fused-ring (bicyclic) bond motifs is 1. The van der Waals surface area contributed by atoms with Gasteiger partial charge in [-0.2, -0.15) is 5.26 Å². The molecule has 0 bridgehead atoms. The number of carbonyl (C=O) groups is 1. The zero-order valence-corrected chi connectivity index (χ0v) is 17.2. The van der Waals surface area contributed by atoms with Crippen molar-refractivity contribution in [1.29, 1.82) is 5.26 Å². The van der Waals surface area contributed by atoms with Gasteiger partial charge in [0.15, 0.2) is 5.72 Å². The number of nitrogens with zero attached hydrogens (tertiary/aromatic N) is 2. The second-order valence-electron chi connectivity index (χ2n) is 7.04. The molecule has 4 rings (SSSR count). The number of nitriles is 1. The summed E-state index contributed by atoms with van der Waals surface area (Å²) in [6.07, 6.45) is -0.0139. The fourth-order valence-corrected chi connectivity index (χ4v) is 5.29. The lowest BCUT2D eigenvalue weighted by Crippen LogP contribution is -2.48. The number of hydrogen-bond acceptors (Lipinski definition) is 6. The van der Waals surface area contributed by atoms with Gasteiger partial charge < -0.3 is 14.6 Å². The molecule has 0 unspecified atom stereocenters. The van der Waals surface area contributed by atoms with Crippen LogP contribution in [0.3, 0.4) is 0 Å². The van der Waals surface area contributed by atoms with Crippen LogP contribution in [0.4, 0.5) is 4.39 Å². The normalized spacial score (nSPS) is 23.2. The van der Waals surface area contributed by atoms with E-state index in [1.165, 1.54) is 48.0 Å². The van der Waals surface area contributed by atoms with Gasteiger partial charge in [-0.15, -0.1) is 11.8 Å². The zero-order valence-electron chi connectivity index (χ0n) is 16.4. The number of allylic oxidation sites excluding steroid dienone is 1. The second-order valence-corrected chi connectivity index (χ2v) is 8.00. The Hall–Kier alpha value is -3.02. The number of ether oxygens (including phenoxy) is 2. The van der Waals surface area contributed by atoms with Crippen molar-refractivity contribution in [2.24, 2.45) is 0 Å². The predicted molar refractivity (Wildman–Crippen MR) is 109 cm³/mol. The Morgan fingerprint density at radius 1 is 1.23 bits per heavy atom. The molecule has 0 saturated carbocycles. The first kappa shape index (κ1) is 20.3. The molecule has 0 radical (unpaired) electrons. The minimum absolute atomic E-state index is 0.0139. The van der Waals surface area contributed by atoms with Crippen molar-refractivity contribution in [3.05, 3.63) is 70.0 Å². The summed E-state index contributed by atoms with van der Waals surface area (Å²) >= 11 is 1.24. The van der Waals surface area contributed by atoms with Gasteiger partial charge in [0.2, 0.25) is 5.91 Å². The van der Waals surface area contributed by atoms with Crippen molar-refractivity contribution in [2.45, 2.75) is 18.1 Å². The number of thioether (sulfide) groups is 1. The van der Waals surface area contributed by atoms with E-state index in [0.29, 0.717) is 33.2 Å². The molecule has 0 spiro atoms. The number of benzene rings is 2. The average Bonchev–Trinajstić information content (AvgIpc) is 3.12. The highest BCUT2D eigenvalue weighted by Crippen LogP contribution is 2.52. The van der Waals surface area contributed by atoms with Gasteiger partial charge in [0.1, 0.15) is 17.3 Å². The van der Waals surface area contributed by atoms with Crippen molar-refractivity contribution >= 4 is 17.7 Å². The molecule has 1 saturated heterocycles. The average molecular weight is 426 g/mol. The number of halogens is 1. The molecule has 1 N–H and O–H groups in total. The fourth-order valence-electron chi connectivity index (χ4n) is 3.93. The van der Waals surface area contributed by atoms with Crippen LogP contribution in [0.1, 0.15) is 23.5 Å².